The Morgan fingerprint density at radius 3 is 2.71 bits per heavy atom. The number of nitrogens with one attached hydrogen (secondary N) is 1. The molecule has 0 atom stereocenters. The van der Waals surface area contributed by atoms with Crippen LogP contribution in [-0.4, -0.2) is 14.8 Å². The van der Waals surface area contributed by atoms with Gasteiger partial charge >= 0.3 is 0 Å². The number of anilines is 1. The van der Waals surface area contributed by atoms with E-state index < -0.39 is 0 Å². The number of nitrogen functional groups attached to an aromatic ring is 1. The summed E-state index contributed by atoms with van der Waals surface area (Å²) in [5.41, 5.74) is 6.64. The Morgan fingerprint density at radius 2 is 2.14 bits per heavy atom. The van der Waals surface area contributed by atoms with Gasteiger partial charge in [-0.15, -0.1) is 5.10 Å². The summed E-state index contributed by atoms with van der Waals surface area (Å²) >= 11 is 7.31. The molecule has 0 bridgehead atoms. The largest absolute Gasteiger partial charge is 0.368 e. The van der Waals surface area contributed by atoms with E-state index in [2.05, 4.69) is 32.8 Å². The molecule has 72 valence electrons. The number of nitrogens with zero attached hydrogens (tertiary/aromatic N) is 2. The summed E-state index contributed by atoms with van der Waals surface area (Å²) in [6, 6.07) is 7.84. The van der Waals surface area contributed by atoms with Crippen LogP contribution in [0, 0.1) is 8.34 Å². The molecule has 6 heteroatoms. The van der Waals surface area contributed by atoms with Crippen molar-refractivity contribution in [1.82, 2.24) is 14.8 Å². The molecular formula is C8H7IN4S. The first-order chi connectivity index (χ1) is 6.70. The average Bonchev–Trinajstić information content (AvgIpc) is 2.48. The first kappa shape index (κ1) is 9.66. The van der Waals surface area contributed by atoms with Crippen molar-refractivity contribution < 1.29 is 0 Å². The van der Waals surface area contributed by atoms with E-state index in [0.29, 0.717) is 10.7 Å². The Hall–Kier alpha value is -0.890. The van der Waals surface area contributed by atoms with E-state index in [1.807, 2.05) is 24.3 Å². The molecule has 0 saturated heterocycles. The van der Waals surface area contributed by atoms with E-state index in [1.165, 1.54) is 0 Å². The third-order valence-corrected chi connectivity index (χ3v) is 2.98. The fraction of sp³-hybridized carbons (Fsp3) is 0. The van der Waals surface area contributed by atoms with Gasteiger partial charge in [-0.05, 0) is 46.9 Å². The van der Waals surface area contributed by atoms with E-state index in [-0.39, 0.29) is 0 Å². The molecule has 1 aromatic heterocycles. The maximum absolute atomic E-state index is 5.69. The van der Waals surface area contributed by atoms with Gasteiger partial charge in [-0.25, -0.2) is 5.10 Å². The predicted octanol–water partition coefficient (Wildman–Crippen LogP) is 2.12. The highest BCUT2D eigenvalue weighted by atomic mass is 127. The molecular weight excluding hydrogens is 311 g/mol. The molecule has 0 radical (unpaired) electrons. The molecule has 0 amide bonds. The molecule has 0 saturated carbocycles. The zero-order valence-electron chi connectivity index (χ0n) is 7.07. The lowest BCUT2D eigenvalue weighted by Gasteiger charge is -2.05. The molecule has 1 aromatic carbocycles. The van der Waals surface area contributed by atoms with Crippen molar-refractivity contribution in [2.45, 2.75) is 0 Å². The van der Waals surface area contributed by atoms with Gasteiger partial charge in [0.05, 0.1) is 5.69 Å². The van der Waals surface area contributed by atoms with Crippen molar-refractivity contribution in [3.05, 3.63) is 32.6 Å². The third-order valence-electron chi connectivity index (χ3n) is 1.79. The molecule has 0 spiro atoms. The summed E-state index contributed by atoms with van der Waals surface area (Å²) < 4.78 is 3.29. The number of nitrogens with two attached hydrogens (primary N) is 1. The minimum absolute atomic E-state index is 0.374. The highest BCUT2D eigenvalue weighted by Crippen LogP contribution is 2.18. The molecule has 14 heavy (non-hydrogen) atoms. The summed E-state index contributed by atoms with van der Waals surface area (Å²) in [5, 5.41) is 6.50. The van der Waals surface area contributed by atoms with Crippen molar-refractivity contribution in [3.63, 3.8) is 0 Å². The molecule has 0 unspecified atom stereocenters. The number of halogens is 1. The minimum atomic E-state index is 0.374. The lowest BCUT2D eigenvalue weighted by Crippen LogP contribution is -2.02. The molecule has 4 nitrogen and oxygen atoms in total. The normalized spacial score (nSPS) is 10.4. The van der Waals surface area contributed by atoms with Crippen molar-refractivity contribution >= 4 is 40.8 Å². The number of hydrogen-bond acceptors (Lipinski definition) is 3. The number of benzene rings is 1. The van der Waals surface area contributed by atoms with Gasteiger partial charge in [0.15, 0.2) is 0 Å². The zero-order chi connectivity index (χ0) is 10.1. The first-order valence-electron chi connectivity index (χ1n) is 3.88. The summed E-state index contributed by atoms with van der Waals surface area (Å²) in [4.78, 5) is 0. The highest BCUT2D eigenvalue weighted by Gasteiger charge is 2.06. The Balaban J connectivity index is 2.72. The van der Waals surface area contributed by atoms with Gasteiger partial charge < -0.3 is 5.73 Å². The van der Waals surface area contributed by atoms with Crippen LogP contribution in [0.15, 0.2) is 24.3 Å². The van der Waals surface area contributed by atoms with E-state index in [1.54, 1.807) is 4.57 Å². The number of rotatable bonds is 1. The number of H-pyrrole nitrogens is 1. The van der Waals surface area contributed by atoms with Crippen LogP contribution in [0.2, 0.25) is 0 Å². The molecule has 1 heterocycles. The predicted molar refractivity (Wildman–Crippen MR) is 65.9 cm³/mol. The quantitative estimate of drug-likeness (QED) is 0.625. The van der Waals surface area contributed by atoms with Gasteiger partial charge in [-0.1, -0.05) is 12.1 Å². The maximum Gasteiger partial charge on any atom is 0.225 e. The van der Waals surface area contributed by atoms with Crippen LogP contribution in [0.5, 0.6) is 0 Å². The second-order valence-electron chi connectivity index (χ2n) is 2.67. The molecule has 0 aliphatic heterocycles. The smallest absolute Gasteiger partial charge is 0.225 e. The monoisotopic (exact) mass is 318 g/mol. The Kier molecular flexibility index (Phi) is 2.55. The Labute approximate surface area is 99.3 Å². The van der Waals surface area contributed by atoms with Crippen LogP contribution >= 0.6 is 34.8 Å². The van der Waals surface area contributed by atoms with Gasteiger partial charge in [0.2, 0.25) is 10.7 Å². The van der Waals surface area contributed by atoms with E-state index in [4.69, 9.17) is 18.0 Å². The number of para-hydroxylation sites is 1. The third kappa shape index (κ3) is 1.55. The van der Waals surface area contributed by atoms with Crippen LogP contribution < -0.4 is 5.73 Å². The summed E-state index contributed by atoms with van der Waals surface area (Å²) in [5.74, 6) is 0.374. The lowest BCUT2D eigenvalue weighted by atomic mass is 10.3. The van der Waals surface area contributed by atoms with Crippen LogP contribution in [0.3, 0.4) is 0 Å². The zero-order valence-corrected chi connectivity index (χ0v) is 10.0. The van der Waals surface area contributed by atoms with Crippen molar-refractivity contribution in [2.75, 3.05) is 5.73 Å². The number of aromatic nitrogens is 3. The Bertz CT molecular complexity index is 516. The molecule has 0 fully saturated rings. The molecule has 3 N–H and O–H groups in total. The summed E-state index contributed by atoms with van der Waals surface area (Å²) in [6.07, 6.45) is 0. The second kappa shape index (κ2) is 3.70. The topological polar surface area (TPSA) is 59.6 Å². The molecule has 0 aliphatic rings. The maximum atomic E-state index is 5.69. The average molecular weight is 318 g/mol. The minimum Gasteiger partial charge on any atom is -0.368 e. The number of aromatic amines is 1. The van der Waals surface area contributed by atoms with Crippen LogP contribution in [-0.2, 0) is 0 Å². The van der Waals surface area contributed by atoms with Gasteiger partial charge in [0.1, 0.15) is 0 Å². The molecule has 2 aromatic rings. The van der Waals surface area contributed by atoms with Crippen LogP contribution in [0.4, 0.5) is 5.95 Å². The SMILES string of the molecule is Nc1n[nH]c(=S)n1-c1ccccc1I. The van der Waals surface area contributed by atoms with E-state index >= 15 is 0 Å². The highest BCUT2D eigenvalue weighted by molar-refractivity contribution is 14.1. The van der Waals surface area contributed by atoms with Crippen LogP contribution in [0.25, 0.3) is 5.69 Å². The molecule has 0 aliphatic carbocycles. The fourth-order valence-corrected chi connectivity index (χ4v) is 2.04. The van der Waals surface area contributed by atoms with Gasteiger partial charge in [0.25, 0.3) is 0 Å². The van der Waals surface area contributed by atoms with Crippen molar-refractivity contribution in [2.24, 2.45) is 0 Å². The first-order valence-corrected chi connectivity index (χ1v) is 5.36. The van der Waals surface area contributed by atoms with Gasteiger partial charge in [-0.2, -0.15) is 0 Å². The number of hydrogen-bond donors (Lipinski definition) is 2. The van der Waals surface area contributed by atoms with Crippen LogP contribution in [0.1, 0.15) is 0 Å². The van der Waals surface area contributed by atoms with Crippen molar-refractivity contribution in [3.8, 4) is 5.69 Å². The summed E-state index contributed by atoms with van der Waals surface area (Å²) in [7, 11) is 0. The van der Waals surface area contributed by atoms with Gasteiger partial charge in [0, 0.05) is 3.57 Å². The van der Waals surface area contributed by atoms with E-state index in [0.717, 1.165) is 9.26 Å². The summed E-state index contributed by atoms with van der Waals surface area (Å²) in [6.45, 7) is 0. The van der Waals surface area contributed by atoms with Crippen molar-refractivity contribution in [1.29, 1.82) is 0 Å². The standard InChI is InChI=1S/C8H7IN4S/c9-5-3-1-2-4-6(5)13-7(10)11-12-8(13)14/h1-4H,(H2,10,11)(H,12,14). The van der Waals surface area contributed by atoms with Gasteiger partial charge in [-0.3, -0.25) is 4.57 Å². The molecule has 2 rings (SSSR count). The lowest BCUT2D eigenvalue weighted by molar-refractivity contribution is 1.03. The van der Waals surface area contributed by atoms with E-state index in [9.17, 15) is 0 Å². The second-order valence-corrected chi connectivity index (χ2v) is 4.22. The fourth-order valence-electron chi connectivity index (χ4n) is 1.18. The Morgan fingerprint density at radius 1 is 1.43 bits per heavy atom.